The van der Waals surface area contributed by atoms with Crippen LogP contribution in [0, 0.1) is 0 Å². The molecule has 0 saturated carbocycles. The molecule has 0 bridgehead atoms. The molecule has 3 rings (SSSR count). The average Bonchev–Trinajstić information content (AvgIpc) is 2.53. The van der Waals surface area contributed by atoms with E-state index >= 15 is 0 Å². The highest BCUT2D eigenvalue weighted by atomic mass is 16.1. The van der Waals surface area contributed by atoms with Crippen molar-refractivity contribution in [3.05, 3.63) is 70.8 Å². The molecule has 0 aromatic heterocycles. The summed E-state index contributed by atoms with van der Waals surface area (Å²) in [5.74, 6) is 0.164. The number of fused-ring (bicyclic) bond motifs is 1. The number of ketones is 1. The molecule has 0 amide bonds. The summed E-state index contributed by atoms with van der Waals surface area (Å²) >= 11 is 0. The Kier molecular flexibility index (Phi) is 3.85. The van der Waals surface area contributed by atoms with E-state index in [0.29, 0.717) is 0 Å². The highest BCUT2D eigenvalue weighted by Gasteiger charge is 2.34. The van der Waals surface area contributed by atoms with Gasteiger partial charge < -0.3 is 4.90 Å². The topological polar surface area (TPSA) is 20.3 Å². The minimum Gasteiger partial charge on any atom is -0.378 e. The van der Waals surface area contributed by atoms with E-state index in [1.54, 1.807) is 0 Å². The van der Waals surface area contributed by atoms with Gasteiger partial charge in [0, 0.05) is 30.9 Å². The second-order valence-corrected chi connectivity index (χ2v) is 7.09. The zero-order chi connectivity index (χ0) is 16.6. The van der Waals surface area contributed by atoms with Crippen LogP contribution in [0.4, 0.5) is 5.69 Å². The lowest BCUT2D eigenvalue weighted by Crippen LogP contribution is -2.29. The van der Waals surface area contributed by atoms with Gasteiger partial charge in [-0.15, -0.1) is 0 Å². The van der Waals surface area contributed by atoms with Crippen LogP contribution in [0.1, 0.15) is 41.8 Å². The van der Waals surface area contributed by atoms with Gasteiger partial charge in [0.15, 0.2) is 5.78 Å². The van der Waals surface area contributed by atoms with Gasteiger partial charge in [0.25, 0.3) is 0 Å². The minimum atomic E-state index is -0.0140. The predicted molar refractivity (Wildman–Crippen MR) is 97.2 cm³/mol. The molecule has 0 fully saturated rings. The molecule has 1 aliphatic rings. The number of allylic oxidation sites excluding steroid dienone is 1. The van der Waals surface area contributed by atoms with E-state index in [-0.39, 0.29) is 11.2 Å². The molecule has 1 aliphatic carbocycles. The zero-order valence-corrected chi connectivity index (χ0v) is 14.3. The number of nitrogens with zero attached hydrogens (tertiary/aromatic N) is 1. The van der Waals surface area contributed by atoms with Crippen LogP contribution >= 0.6 is 0 Å². The van der Waals surface area contributed by atoms with E-state index < -0.39 is 0 Å². The highest BCUT2D eigenvalue weighted by Crippen LogP contribution is 2.39. The third-order valence-corrected chi connectivity index (χ3v) is 4.58. The smallest absolute Gasteiger partial charge is 0.189 e. The van der Waals surface area contributed by atoms with Crippen molar-refractivity contribution in [2.45, 2.75) is 25.7 Å². The lowest BCUT2D eigenvalue weighted by molar-refractivity contribution is 0.101. The van der Waals surface area contributed by atoms with Crippen LogP contribution in [0.15, 0.2) is 54.1 Å². The van der Waals surface area contributed by atoms with Gasteiger partial charge in [-0.1, -0.05) is 50.2 Å². The molecule has 0 radical (unpaired) electrons. The Labute approximate surface area is 138 Å². The Hall–Kier alpha value is -2.35. The second kappa shape index (κ2) is 5.69. The summed E-state index contributed by atoms with van der Waals surface area (Å²) < 4.78 is 0. The number of Topliss-reactive ketones (excluding diaryl/α,β-unsaturated/α-hetero) is 1. The number of benzene rings is 2. The Bertz CT molecular complexity index is 767. The monoisotopic (exact) mass is 305 g/mol. The van der Waals surface area contributed by atoms with Gasteiger partial charge in [-0.2, -0.15) is 0 Å². The molecule has 0 unspecified atom stereocenters. The van der Waals surface area contributed by atoms with Gasteiger partial charge in [0.2, 0.25) is 0 Å². The van der Waals surface area contributed by atoms with E-state index in [1.807, 2.05) is 38.4 Å². The molecular formula is C21H23NO. The minimum absolute atomic E-state index is 0.0140. The van der Waals surface area contributed by atoms with Crippen LogP contribution in [-0.2, 0) is 5.41 Å². The maximum atomic E-state index is 12.8. The summed E-state index contributed by atoms with van der Waals surface area (Å²) in [6, 6.07) is 16.3. The number of carbonyl (C=O) groups is 1. The Morgan fingerprint density at radius 2 is 1.65 bits per heavy atom. The van der Waals surface area contributed by atoms with Crippen LogP contribution in [0.2, 0.25) is 0 Å². The first-order chi connectivity index (χ1) is 10.9. The first-order valence-corrected chi connectivity index (χ1v) is 8.01. The molecule has 2 aromatic rings. The number of carbonyl (C=O) groups excluding carboxylic acids is 1. The summed E-state index contributed by atoms with van der Waals surface area (Å²) in [5, 5.41) is 0. The van der Waals surface area contributed by atoms with Crippen molar-refractivity contribution >= 4 is 17.5 Å². The van der Waals surface area contributed by atoms with Gasteiger partial charge in [-0.05, 0) is 41.2 Å². The highest BCUT2D eigenvalue weighted by molar-refractivity contribution is 6.13. The van der Waals surface area contributed by atoms with Crippen molar-refractivity contribution in [1.29, 1.82) is 0 Å². The van der Waals surface area contributed by atoms with Crippen molar-refractivity contribution in [2.75, 3.05) is 19.0 Å². The molecule has 0 spiro atoms. The maximum absolute atomic E-state index is 12.8. The van der Waals surface area contributed by atoms with Gasteiger partial charge in [0.05, 0.1) is 0 Å². The summed E-state index contributed by atoms with van der Waals surface area (Å²) in [6.07, 6.45) is 2.82. The second-order valence-electron chi connectivity index (χ2n) is 7.09. The third-order valence-electron chi connectivity index (χ3n) is 4.58. The lowest BCUT2D eigenvalue weighted by atomic mass is 9.70. The van der Waals surface area contributed by atoms with Crippen molar-refractivity contribution in [1.82, 2.24) is 0 Å². The number of hydrogen-bond donors (Lipinski definition) is 0. The average molecular weight is 305 g/mol. The first kappa shape index (κ1) is 15.5. The largest absolute Gasteiger partial charge is 0.378 e. The van der Waals surface area contributed by atoms with Crippen LogP contribution in [-0.4, -0.2) is 19.9 Å². The van der Waals surface area contributed by atoms with Crippen molar-refractivity contribution in [2.24, 2.45) is 0 Å². The molecule has 2 heteroatoms. The maximum Gasteiger partial charge on any atom is 0.189 e. The van der Waals surface area contributed by atoms with E-state index in [9.17, 15) is 4.79 Å². The molecule has 0 aliphatic heterocycles. The molecule has 2 nitrogen and oxygen atoms in total. The summed E-state index contributed by atoms with van der Waals surface area (Å²) in [4.78, 5) is 14.9. The molecule has 0 atom stereocenters. The normalized spacial score (nSPS) is 17.9. The van der Waals surface area contributed by atoms with Crippen LogP contribution in [0.25, 0.3) is 6.08 Å². The van der Waals surface area contributed by atoms with Crippen molar-refractivity contribution < 1.29 is 4.79 Å². The molecule has 23 heavy (non-hydrogen) atoms. The molecule has 0 heterocycles. The lowest BCUT2D eigenvalue weighted by Gasteiger charge is -2.33. The number of rotatable bonds is 2. The molecular weight excluding hydrogens is 282 g/mol. The quantitative estimate of drug-likeness (QED) is 0.750. The number of hydrogen-bond acceptors (Lipinski definition) is 2. The van der Waals surface area contributed by atoms with Crippen molar-refractivity contribution in [3.63, 3.8) is 0 Å². The fourth-order valence-corrected chi connectivity index (χ4v) is 3.28. The van der Waals surface area contributed by atoms with Gasteiger partial charge >= 0.3 is 0 Å². The fraction of sp³-hybridized carbons (Fsp3) is 0.286. The summed E-state index contributed by atoms with van der Waals surface area (Å²) in [5.41, 5.74) is 5.12. The van der Waals surface area contributed by atoms with Crippen LogP contribution in [0.5, 0.6) is 0 Å². The zero-order valence-electron chi connectivity index (χ0n) is 14.3. The Balaban J connectivity index is 1.99. The van der Waals surface area contributed by atoms with E-state index in [2.05, 4.69) is 49.1 Å². The van der Waals surface area contributed by atoms with Gasteiger partial charge in [-0.3, -0.25) is 4.79 Å². The predicted octanol–water partition coefficient (Wildman–Crippen LogP) is 4.70. The van der Waals surface area contributed by atoms with E-state index in [1.165, 1.54) is 0 Å². The SMILES string of the molecule is CN(C)c1ccc(C=C2CC(C)(C)c3ccccc3C2=O)cc1. The Morgan fingerprint density at radius 3 is 2.30 bits per heavy atom. The van der Waals surface area contributed by atoms with Crippen LogP contribution in [0.3, 0.4) is 0 Å². The molecule has 118 valence electrons. The van der Waals surface area contributed by atoms with Crippen molar-refractivity contribution in [3.8, 4) is 0 Å². The van der Waals surface area contributed by atoms with Crippen LogP contribution < -0.4 is 4.90 Å². The number of anilines is 1. The first-order valence-electron chi connectivity index (χ1n) is 8.01. The third kappa shape index (κ3) is 2.94. The standard InChI is InChI=1S/C21H23NO/c1-21(2)14-16(20(23)18-7-5-6-8-19(18)21)13-15-9-11-17(12-10-15)22(3)4/h5-13H,14H2,1-4H3. The summed E-state index contributed by atoms with van der Waals surface area (Å²) in [6.45, 7) is 4.42. The van der Waals surface area contributed by atoms with Gasteiger partial charge in [0.1, 0.15) is 0 Å². The van der Waals surface area contributed by atoms with E-state index in [4.69, 9.17) is 0 Å². The Morgan fingerprint density at radius 1 is 1.00 bits per heavy atom. The van der Waals surface area contributed by atoms with Gasteiger partial charge in [-0.25, -0.2) is 0 Å². The van der Waals surface area contributed by atoms with E-state index in [0.717, 1.165) is 34.4 Å². The summed E-state index contributed by atoms with van der Waals surface area (Å²) in [7, 11) is 4.05. The molecule has 2 aromatic carbocycles. The molecule has 0 N–H and O–H groups in total. The molecule has 0 saturated heterocycles. The fourth-order valence-electron chi connectivity index (χ4n) is 3.28.